The zero-order valence-corrected chi connectivity index (χ0v) is 13.2. The van der Waals surface area contributed by atoms with Gasteiger partial charge < -0.3 is 10.2 Å². The van der Waals surface area contributed by atoms with Crippen LogP contribution < -0.4 is 5.32 Å². The van der Waals surface area contributed by atoms with E-state index in [4.69, 9.17) is 0 Å². The monoisotopic (exact) mass is 310 g/mol. The number of nitrogens with one attached hydrogen (secondary N) is 1. The van der Waals surface area contributed by atoms with Gasteiger partial charge in [-0.15, -0.1) is 0 Å². The number of amides is 1. The molecule has 1 aliphatic heterocycles. The standard InChI is InChI=1S/C17H24F2N2O/c1-13-7-6-10-21(11-13)12-14(2)20-16(22)17(18,19)15-8-4-3-5-9-15/h3-5,8-9,13-14H,6-7,10-12H2,1-2H3,(H,20,22)/t13-,14+/m0/s1. The number of carbonyl (C=O) groups excluding carboxylic acids is 1. The van der Waals surface area contributed by atoms with Gasteiger partial charge in [0.1, 0.15) is 0 Å². The molecule has 3 nitrogen and oxygen atoms in total. The molecule has 1 heterocycles. The fourth-order valence-electron chi connectivity index (χ4n) is 2.98. The number of hydrogen-bond acceptors (Lipinski definition) is 2. The average Bonchev–Trinajstić information content (AvgIpc) is 2.48. The maximum Gasteiger partial charge on any atom is 0.349 e. The summed E-state index contributed by atoms with van der Waals surface area (Å²) in [6.45, 7) is 6.52. The number of benzene rings is 1. The fourth-order valence-corrected chi connectivity index (χ4v) is 2.98. The summed E-state index contributed by atoms with van der Waals surface area (Å²) in [6.07, 6.45) is 2.34. The summed E-state index contributed by atoms with van der Waals surface area (Å²) in [4.78, 5) is 14.1. The molecular weight excluding hydrogens is 286 g/mol. The van der Waals surface area contributed by atoms with Gasteiger partial charge in [0.15, 0.2) is 0 Å². The number of rotatable bonds is 5. The second-order valence-corrected chi connectivity index (χ2v) is 6.32. The molecule has 0 aromatic heterocycles. The Labute approximate surface area is 130 Å². The topological polar surface area (TPSA) is 32.3 Å². The van der Waals surface area contributed by atoms with E-state index in [0.29, 0.717) is 12.5 Å². The highest BCUT2D eigenvalue weighted by Crippen LogP contribution is 2.28. The minimum atomic E-state index is -3.50. The molecule has 0 spiro atoms. The second kappa shape index (κ2) is 7.18. The first-order chi connectivity index (χ1) is 10.4. The Morgan fingerprint density at radius 2 is 2.09 bits per heavy atom. The van der Waals surface area contributed by atoms with E-state index in [1.165, 1.54) is 30.7 Å². The first-order valence-corrected chi connectivity index (χ1v) is 7.86. The van der Waals surface area contributed by atoms with Crippen molar-refractivity contribution in [1.29, 1.82) is 0 Å². The Hall–Kier alpha value is -1.49. The van der Waals surface area contributed by atoms with Crippen molar-refractivity contribution in [2.24, 2.45) is 5.92 Å². The Morgan fingerprint density at radius 1 is 1.41 bits per heavy atom. The first-order valence-electron chi connectivity index (χ1n) is 7.86. The van der Waals surface area contributed by atoms with Crippen LogP contribution in [0.25, 0.3) is 0 Å². The van der Waals surface area contributed by atoms with E-state index < -0.39 is 11.8 Å². The minimum absolute atomic E-state index is 0.272. The largest absolute Gasteiger partial charge is 0.349 e. The molecule has 0 saturated carbocycles. The van der Waals surface area contributed by atoms with Gasteiger partial charge in [-0.2, -0.15) is 8.78 Å². The van der Waals surface area contributed by atoms with Crippen LogP contribution in [0.2, 0.25) is 0 Å². The maximum absolute atomic E-state index is 14.1. The number of likely N-dealkylation sites (tertiary alicyclic amines) is 1. The van der Waals surface area contributed by atoms with Gasteiger partial charge in [0, 0.05) is 24.7 Å². The van der Waals surface area contributed by atoms with Crippen molar-refractivity contribution in [3.63, 3.8) is 0 Å². The molecule has 0 unspecified atom stereocenters. The van der Waals surface area contributed by atoms with E-state index in [1.807, 2.05) is 0 Å². The van der Waals surface area contributed by atoms with Gasteiger partial charge in [-0.05, 0) is 32.2 Å². The average molecular weight is 310 g/mol. The molecule has 1 N–H and O–H groups in total. The highest BCUT2D eigenvalue weighted by molar-refractivity contribution is 5.84. The lowest BCUT2D eigenvalue weighted by Crippen LogP contribution is -2.48. The third-order valence-corrected chi connectivity index (χ3v) is 4.07. The molecule has 1 aromatic rings. The third-order valence-electron chi connectivity index (χ3n) is 4.07. The van der Waals surface area contributed by atoms with E-state index >= 15 is 0 Å². The SMILES string of the molecule is C[C@H]1CCCN(C[C@@H](C)NC(=O)C(F)(F)c2ccccc2)C1. The minimum Gasteiger partial charge on any atom is -0.347 e. The molecular formula is C17H24F2N2O. The van der Waals surface area contributed by atoms with Gasteiger partial charge in [-0.25, -0.2) is 0 Å². The van der Waals surface area contributed by atoms with E-state index in [1.54, 1.807) is 13.0 Å². The van der Waals surface area contributed by atoms with Gasteiger partial charge in [-0.3, -0.25) is 4.79 Å². The van der Waals surface area contributed by atoms with Crippen molar-refractivity contribution in [3.05, 3.63) is 35.9 Å². The van der Waals surface area contributed by atoms with Gasteiger partial charge in [-0.1, -0.05) is 37.3 Å². The molecule has 1 saturated heterocycles. The summed E-state index contributed by atoms with van der Waals surface area (Å²) in [5.41, 5.74) is -0.272. The van der Waals surface area contributed by atoms with Crippen LogP contribution in [0.3, 0.4) is 0 Å². The van der Waals surface area contributed by atoms with E-state index in [-0.39, 0.29) is 11.6 Å². The summed E-state index contributed by atoms with van der Waals surface area (Å²) in [7, 11) is 0. The normalized spacial score (nSPS) is 21.4. The summed E-state index contributed by atoms with van der Waals surface area (Å²) >= 11 is 0. The van der Waals surface area contributed by atoms with Crippen LogP contribution in [-0.2, 0) is 10.7 Å². The van der Waals surface area contributed by atoms with Gasteiger partial charge in [0.25, 0.3) is 5.91 Å². The van der Waals surface area contributed by atoms with Gasteiger partial charge >= 0.3 is 5.92 Å². The van der Waals surface area contributed by atoms with Crippen molar-refractivity contribution in [2.45, 2.75) is 38.7 Å². The number of nitrogens with zero attached hydrogens (tertiary/aromatic N) is 1. The van der Waals surface area contributed by atoms with Gasteiger partial charge in [0.05, 0.1) is 0 Å². The number of piperidine rings is 1. The van der Waals surface area contributed by atoms with Crippen LogP contribution in [0.5, 0.6) is 0 Å². The number of alkyl halides is 2. The predicted molar refractivity (Wildman–Crippen MR) is 82.8 cm³/mol. The molecule has 122 valence electrons. The molecule has 0 bridgehead atoms. The molecule has 0 aliphatic carbocycles. The molecule has 1 aromatic carbocycles. The van der Waals surface area contributed by atoms with Crippen LogP contribution in [0.1, 0.15) is 32.3 Å². The van der Waals surface area contributed by atoms with Crippen molar-refractivity contribution in [2.75, 3.05) is 19.6 Å². The van der Waals surface area contributed by atoms with E-state index in [2.05, 4.69) is 17.1 Å². The van der Waals surface area contributed by atoms with Crippen LogP contribution in [0.15, 0.2) is 30.3 Å². The highest BCUT2D eigenvalue weighted by atomic mass is 19.3. The number of hydrogen-bond donors (Lipinski definition) is 1. The molecule has 5 heteroatoms. The smallest absolute Gasteiger partial charge is 0.347 e. The maximum atomic E-state index is 14.1. The molecule has 1 fully saturated rings. The first kappa shape index (κ1) is 16.9. The molecule has 1 aliphatic rings. The second-order valence-electron chi connectivity index (χ2n) is 6.32. The fraction of sp³-hybridized carbons (Fsp3) is 0.588. The number of halogens is 2. The zero-order valence-electron chi connectivity index (χ0n) is 13.2. The Balaban J connectivity index is 1.90. The summed E-state index contributed by atoms with van der Waals surface area (Å²) in [6, 6.07) is 6.92. The van der Waals surface area contributed by atoms with E-state index in [0.717, 1.165) is 19.5 Å². The Kier molecular flexibility index (Phi) is 5.51. The summed E-state index contributed by atoms with van der Waals surface area (Å²) in [5, 5.41) is 2.45. The Morgan fingerprint density at radius 3 is 2.73 bits per heavy atom. The van der Waals surface area contributed by atoms with Crippen LogP contribution in [0, 0.1) is 5.92 Å². The highest BCUT2D eigenvalue weighted by Gasteiger charge is 2.41. The lowest BCUT2D eigenvalue weighted by atomic mass is 10.00. The zero-order chi connectivity index (χ0) is 16.2. The van der Waals surface area contributed by atoms with E-state index in [9.17, 15) is 13.6 Å². The van der Waals surface area contributed by atoms with Crippen LogP contribution in [0.4, 0.5) is 8.78 Å². The quantitative estimate of drug-likeness (QED) is 0.907. The lowest BCUT2D eigenvalue weighted by molar-refractivity contribution is -0.147. The molecule has 1 amide bonds. The Bertz CT molecular complexity index is 493. The molecule has 0 radical (unpaired) electrons. The van der Waals surface area contributed by atoms with Crippen molar-refractivity contribution in [3.8, 4) is 0 Å². The van der Waals surface area contributed by atoms with Gasteiger partial charge in [0.2, 0.25) is 0 Å². The van der Waals surface area contributed by atoms with Crippen molar-refractivity contribution >= 4 is 5.91 Å². The summed E-state index contributed by atoms with van der Waals surface area (Å²) in [5.74, 6) is -4.09. The molecule has 2 rings (SSSR count). The predicted octanol–water partition coefficient (Wildman–Crippen LogP) is 3.02. The number of carbonyl (C=O) groups is 1. The van der Waals surface area contributed by atoms with Crippen molar-refractivity contribution in [1.82, 2.24) is 10.2 Å². The third kappa shape index (κ3) is 4.26. The van der Waals surface area contributed by atoms with Crippen LogP contribution in [-0.4, -0.2) is 36.5 Å². The molecule has 22 heavy (non-hydrogen) atoms. The lowest BCUT2D eigenvalue weighted by Gasteiger charge is -2.33. The van der Waals surface area contributed by atoms with Crippen molar-refractivity contribution < 1.29 is 13.6 Å². The summed E-state index contributed by atoms with van der Waals surface area (Å²) < 4.78 is 28.2. The molecule has 2 atom stereocenters. The van der Waals surface area contributed by atoms with Crippen LogP contribution >= 0.6 is 0 Å².